The number of nitrogens with zero attached hydrogens (tertiary/aromatic N) is 4. The van der Waals surface area contributed by atoms with Crippen LogP contribution in [-0.4, -0.2) is 59.5 Å². The fourth-order valence-electron chi connectivity index (χ4n) is 3.88. The van der Waals surface area contributed by atoms with E-state index in [9.17, 15) is 13.2 Å². The molecular formula is C24H28N4O3S. The van der Waals surface area contributed by atoms with E-state index in [0.29, 0.717) is 29.6 Å². The number of piperazine rings is 1. The summed E-state index contributed by atoms with van der Waals surface area (Å²) in [6, 6.07) is 18.5. The van der Waals surface area contributed by atoms with Crippen LogP contribution in [0.25, 0.3) is 5.69 Å². The number of carbonyl (C=O) groups excluding carboxylic acids is 1. The van der Waals surface area contributed by atoms with Crippen LogP contribution in [0.3, 0.4) is 0 Å². The van der Waals surface area contributed by atoms with Crippen LogP contribution < -0.4 is 0 Å². The predicted octanol–water partition coefficient (Wildman–Crippen LogP) is 3.45. The summed E-state index contributed by atoms with van der Waals surface area (Å²) < 4.78 is 29.3. The van der Waals surface area contributed by atoms with Gasteiger partial charge in [0, 0.05) is 31.9 Å². The number of hydrogen-bond donors (Lipinski definition) is 0. The zero-order valence-electron chi connectivity index (χ0n) is 18.6. The molecule has 3 aromatic rings. The minimum absolute atomic E-state index is 0.180. The van der Waals surface area contributed by atoms with Crippen LogP contribution in [-0.2, 0) is 10.0 Å². The maximum absolute atomic E-state index is 13.0. The highest BCUT2D eigenvalue weighted by Gasteiger charge is 2.31. The molecule has 1 aliphatic rings. The minimum Gasteiger partial charge on any atom is -0.335 e. The summed E-state index contributed by atoms with van der Waals surface area (Å²) in [5.41, 5.74) is 3.23. The first-order valence-electron chi connectivity index (χ1n) is 10.8. The van der Waals surface area contributed by atoms with Gasteiger partial charge in [0.2, 0.25) is 10.0 Å². The summed E-state index contributed by atoms with van der Waals surface area (Å²) >= 11 is 0. The lowest BCUT2D eigenvalue weighted by atomic mass is 10.0. The highest BCUT2D eigenvalue weighted by Crippen LogP contribution is 2.22. The summed E-state index contributed by atoms with van der Waals surface area (Å²) in [4.78, 5) is 15.0. The molecule has 2 aromatic carbocycles. The van der Waals surface area contributed by atoms with Gasteiger partial charge in [-0.15, -0.1) is 0 Å². The van der Waals surface area contributed by atoms with E-state index in [0.717, 1.165) is 16.9 Å². The highest BCUT2D eigenvalue weighted by molar-refractivity contribution is 7.89. The lowest BCUT2D eigenvalue weighted by Gasteiger charge is -2.33. The van der Waals surface area contributed by atoms with Gasteiger partial charge in [-0.25, -0.2) is 13.1 Å². The maximum Gasteiger partial charge on any atom is 0.274 e. The summed E-state index contributed by atoms with van der Waals surface area (Å²) in [6.45, 7) is 7.25. The molecule has 4 rings (SSSR count). The standard InChI is InChI=1S/C24H28N4O3S/c1-18(2)20-9-11-22(12-10-20)32(30,31)27-15-13-26(14-16-27)24(29)23-17-19(3)28(25-23)21-7-5-4-6-8-21/h4-12,17-18H,13-16H2,1-3H3. The van der Waals surface area contributed by atoms with Crippen LogP contribution in [0.2, 0.25) is 0 Å². The summed E-state index contributed by atoms with van der Waals surface area (Å²) in [7, 11) is -3.58. The van der Waals surface area contributed by atoms with Crippen LogP contribution in [0.5, 0.6) is 0 Å². The fraction of sp³-hybridized carbons (Fsp3) is 0.333. The van der Waals surface area contributed by atoms with Gasteiger partial charge in [-0.05, 0) is 48.7 Å². The second-order valence-corrected chi connectivity index (χ2v) is 10.3. The number of hydrogen-bond acceptors (Lipinski definition) is 4. The van der Waals surface area contributed by atoms with Gasteiger partial charge in [0.05, 0.1) is 10.6 Å². The van der Waals surface area contributed by atoms with Gasteiger partial charge in [0.15, 0.2) is 5.69 Å². The molecule has 0 atom stereocenters. The van der Waals surface area contributed by atoms with E-state index in [-0.39, 0.29) is 19.0 Å². The van der Waals surface area contributed by atoms with Crippen molar-refractivity contribution in [3.05, 3.63) is 77.6 Å². The quantitative estimate of drug-likeness (QED) is 0.594. The smallest absolute Gasteiger partial charge is 0.274 e. The first-order valence-corrected chi connectivity index (χ1v) is 12.2. The third kappa shape index (κ3) is 4.33. The van der Waals surface area contributed by atoms with Gasteiger partial charge in [-0.2, -0.15) is 9.40 Å². The van der Waals surface area contributed by atoms with Crippen LogP contribution in [0.4, 0.5) is 0 Å². The molecule has 0 saturated carbocycles. The average molecular weight is 453 g/mol. The van der Waals surface area contributed by atoms with Crippen molar-refractivity contribution in [3.63, 3.8) is 0 Å². The number of rotatable bonds is 5. The van der Waals surface area contributed by atoms with Crippen molar-refractivity contribution in [2.45, 2.75) is 31.6 Å². The number of para-hydroxylation sites is 1. The molecule has 7 nitrogen and oxygen atoms in total. The summed E-state index contributed by atoms with van der Waals surface area (Å²) in [5, 5.41) is 4.49. The van der Waals surface area contributed by atoms with E-state index in [2.05, 4.69) is 18.9 Å². The molecule has 1 aliphatic heterocycles. The molecule has 2 heterocycles. The molecule has 0 radical (unpaired) electrons. The van der Waals surface area contributed by atoms with Crippen LogP contribution in [0.15, 0.2) is 65.6 Å². The average Bonchev–Trinajstić information content (AvgIpc) is 3.21. The molecule has 8 heteroatoms. The molecular weight excluding hydrogens is 424 g/mol. The van der Waals surface area contributed by atoms with Crippen LogP contribution >= 0.6 is 0 Å². The minimum atomic E-state index is -3.58. The Bertz CT molecular complexity index is 1190. The molecule has 168 valence electrons. The molecule has 0 bridgehead atoms. The summed E-state index contributed by atoms with van der Waals surface area (Å²) in [6.07, 6.45) is 0. The predicted molar refractivity (Wildman–Crippen MR) is 123 cm³/mol. The van der Waals surface area contributed by atoms with Crippen molar-refractivity contribution in [2.24, 2.45) is 0 Å². The lowest BCUT2D eigenvalue weighted by molar-refractivity contribution is 0.0691. The Hall–Kier alpha value is -2.97. The number of aromatic nitrogens is 2. The van der Waals surface area contributed by atoms with E-state index >= 15 is 0 Å². The topological polar surface area (TPSA) is 75.5 Å². The first-order chi connectivity index (χ1) is 15.3. The van der Waals surface area contributed by atoms with Crippen molar-refractivity contribution in [3.8, 4) is 5.69 Å². The number of carbonyl (C=O) groups is 1. The van der Waals surface area contributed by atoms with Crippen molar-refractivity contribution in [1.29, 1.82) is 0 Å². The van der Waals surface area contributed by atoms with Gasteiger partial charge in [-0.1, -0.05) is 44.2 Å². The molecule has 0 N–H and O–H groups in total. The van der Waals surface area contributed by atoms with Gasteiger partial charge in [0.25, 0.3) is 5.91 Å². The highest BCUT2D eigenvalue weighted by atomic mass is 32.2. The first kappa shape index (κ1) is 22.2. The number of aryl methyl sites for hydroxylation is 1. The van der Waals surface area contributed by atoms with Gasteiger partial charge in [0.1, 0.15) is 0 Å². The molecule has 1 aromatic heterocycles. The molecule has 0 unspecified atom stereocenters. The number of amides is 1. The van der Waals surface area contributed by atoms with E-state index in [1.54, 1.807) is 27.8 Å². The van der Waals surface area contributed by atoms with Gasteiger partial charge < -0.3 is 4.90 Å². The molecule has 32 heavy (non-hydrogen) atoms. The van der Waals surface area contributed by atoms with E-state index in [4.69, 9.17) is 0 Å². The molecule has 1 fully saturated rings. The third-order valence-electron chi connectivity index (χ3n) is 5.82. The number of sulfonamides is 1. The Balaban J connectivity index is 1.44. The number of benzene rings is 2. The zero-order valence-corrected chi connectivity index (χ0v) is 19.4. The van der Waals surface area contributed by atoms with Crippen molar-refractivity contribution in [2.75, 3.05) is 26.2 Å². The molecule has 0 spiro atoms. The SMILES string of the molecule is Cc1cc(C(=O)N2CCN(S(=O)(=O)c3ccc(C(C)C)cc3)CC2)nn1-c1ccccc1. The molecule has 1 saturated heterocycles. The monoisotopic (exact) mass is 452 g/mol. The third-order valence-corrected chi connectivity index (χ3v) is 7.73. The van der Waals surface area contributed by atoms with E-state index in [1.165, 1.54) is 4.31 Å². The Morgan fingerprint density at radius 2 is 1.56 bits per heavy atom. The normalized spacial score (nSPS) is 15.3. The van der Waals surface area contributed by atoms with Gasteiger partial charge in [-0.3, -0.25) is 4.79 Å². The summed E-state index contributed by atoms with van der Waals surface area (Å²) in [5.74, 6) is 0.163. The lowest BCUT2D eigenvalue weighted by Crippen LogP contribution is -2.50. The van der Waals surface area contributed by atoms with Crippen molar-refractivity contribution < 1.29 is 13.2 Å². The second kappa shape index (κ2) is 8.88. The molecule has 0 aliphatic carbocycles. The van der Waals surface area contributed by atoms with Crippen LogP contribution in [0.1, 0.15) is 41.5 Å². The van der Waals surface area contributed by atoms with Crippen molar-refractivity contribution >= 4 is 15.9 Å². The molecule has 1 amide bonds. The Labute approximate surface area is 189 Å². The second-order valence-electron chi connectivity index (χ2n) is 8.34. The maximum atomic E-state index is 13.0. The fourth-order valence-corrected chi connectivity index (χ4v) is 5.30. The van der Waals surface area contributed by atoms with Crippen LogP contribution in [0, 0.1) is 6.92 Å². The Morgan fingerprint density at radius 3 is 2.16 bits per heavy atom. The van der Waals surface area contributed by atoms with E-state index in [1.807, 2.05) is 49.4 Å². The Kier molecular flexibility index (Phi) is 6.17. The van der Waals surface area contributed by atoms with Gasteiger partial charge >= 0.3 is 0 Å². The largest absolute Gasteiger partial charge is 0.335 e. The van der Waals surface area contributed by atoms with E-state index < -0.39 is 10.0 Å². The Morgan fingerprint density at radius 1 is 0.938 bits per heavy atom. The van der Waals surface area contributed by atoms with Crippen molar-refractivity contribution in [1.82, 2.24) is 19.0 Å². The zero-order chi connectivity index (χ0) is 22.9.